The van der Waals surface area contributed by atoms with E-state index in [1.807, 2.05) is 18.2 Å². The average Bonchev–Trinajstić information content (AvgIpc) is 4.16. The van der Waals surface area contributed by atoms with Gasteiger partial charge in [-0.25, -0.2) is 4.98 Å². The van der Waals surface area contributed by atoms with Crippen molar-refractivity contribution in [2.24, 2.45) is 0 Å². The number of fused-ring (bicyclic) bond motifs is 9. The van der Waals surface area contributed by atoms with Crippen molar-refractivity contribution in [3.63, 3.8) is 0 Å². The summed E-state index contributed by atoms with van der Waals surface area (Å²) < 4.78 is 7.41. The molecule has 0 fully saturated rings. The molecule has 16 aromatic rings. The minimum absolute atomic E-state index is 0.638. The molecule has 0 atom stereocenters. The van der Waals surface area contributed by atoms with Gasteiger partial charge in [0, 0.05) is 65.7 Å². The van der Waals surface area contributed by atoms with Crippen LogP contribution in [-0.4, -0.2) is 18.7 Å². The van der Waals surface area contributed by atoms with E-state index in [4.69, 9.17) is 4.98 Å². The minimum atomic E-state index is 0.638. The lowest BCUT2D eigenvalue weighted by Crippen LogP contribution is -2.06. The number of nitrogens with zero attached hydrogens (tertiary/aromatic N) is 5. The highest BCUT2D eigenvalue weighted by atomic mass is 15.0. The van der Waals surface area contributed by atoms with Gasteiger partial charge in [-0.1, -0.05) is 212 Å². The molecule has 0 aliphatic heterocycles. The van der Waals surface area contributed by atoms with Crippen LogP contribution in [0, 0.1) is 11.3 Å². The normalized spacial score (nSPS) is 11.6. The first-order valence-electron chi connectivity index (χ1n) is 28.2. The third-order valence-electron chi connectivity index (χ3n) is 16.7. The molecule has 0 aliphatic carbocycles. The minimum Gasteiger partial charge on any atom is -0.309 e. The average molecular weight is 1060 g/mol. The Morgan fingerprint density at radius 2 is 0.639 bits per heavy atom. The molecule has 386 valence electrons. The first kappa shape index (κ1) is 47.7. The van der Waals surface area contributed by atoms with Crippen LogP contribution in [0.25, 0.3) is 150 Å². The predicted molar refractivity (Wildman–Crippen MR) is 345 cm³/mol. The summed E-state index contributed by atoms with van der Waals surface area (Å²) in [6.45, 7) is 0. The maximum atomic E-state index is 10.4. The molecule has 0 amide bonds. The Bertz CT molecular complexity index is 4940. The van der Waals surface area contributed by atoms with Gasteiger partial charge in [0.25, 0.3) is 0 Å². The summed E-state index contributed by atoms with van der Waals surface area (Å²) in [4.78, 5) is 5.68. The van der Waals surface area contributed by atoms with E-state index in [2.05, 4.69) is 299 Å². The topological polar surface area (TPSA) is 51.5 Å². The van der Waals surface area contributed by atoms with E-state index >= 15 is 0 Å². The Morgan fingerprint density at radius 3 is 1.14 bits per heavy atom. The van der Waals surface area contributed by atoms with Crippen LogP contribution in [0.3, 0.4) is 0 Å². The molecule has 16 rings (SSSR count). The summed E-state index contributed by atoms with van der Waals surface area (Å²) in [5, 5.41) is 17.4. The van der Waals surface area contributed by atoms with Crippen molar-refractivity contribution in [3.05, 3.63) is 303 Å². The predicted octanol–water partition coefficient (Wildman–Crippen LogP) is 20.2. The van der Waals surface area contributed by atoms with Gasteiger partial charge in [0.15, 0.2) is 0 Å². The first-order valence-corrected chi connectivity index (χ1v) is 28.2. The van der Waals surface area contributed by atoms with Gasteiger partial charge >= 0.3 is 0 Å². The molecule has 83 heavy (non-hydrogen) atoms. The summed E-state index contributed by atoms with van der Waals surface area (Å²) in [7, 11) is 0. The molecular formula is C78H49N5. The van der Waals surface area contributed by atoms with Crippen LogP contribution in [0.5, 0.6) is 0 Å². The lowest BCUT2D eigenvalue weighted by molar-refractivity contribution is 1.15. The zero-order valence-corrected chi connectivity index (χ0v) is 45.0. The second-order valence-corrected chi connectivity index (χ2v) is 21.3. The van der Waals surface area contributed by atoms with Crippen LogP contribution >= 0.6 is 0 Å². The molecule has 0 saturated carbocycles. The highest BCUT2D eigenvalue weighted by molar-refractivity contribution is 6.14. The molecule has 0 bridgehead atoms. The molecule has 5 nitrogen and oxygen atoms in total. The van der Waals surface area contributed by atoms with Crippen LogP contribution in [0.4, 0.5) is 0 Å². The zero-order chi connectivity index (χ0) is 55.0. The number of benzene rings is 12. The van der Waals surface area contributed by atoms with Crippen LogP contribution in [-0.2, 0) is 0 Å². The van der Waals surface area contributed by atoms with Crippen LogP contribution in [0.2, 0.25) is 0 Å². The maximum Gasteiger partial charge on any atom is 0.0998 e. The fourth-order valence-electron chi connectivity index (χ4n) is 13.0. The number of hydrogen-bond acceptors (Lipinski definition) is 2. The molecule has 0 aliphatic rings. The highest BCUT2D eigenvalue weighted by Crippen LogP contribution is 2.49. The Balaban J connectivity index is 1.09. The van der Waals surface area contributed by atoms with E-state index in [0.717, 1.165) is 128 Å². The van der Waals surface area contributed by atoms with Crippen molar-refractivity contribution in [1.29, 1.82) is 5.26 Å². The van der Waals surface area contributed by atoms with Crippen molar-refractivity contribution in [2.45, 2.75) is 0 Å². The van der Waals surface area contributed by atoms with E-state index in [1.54, 1.807) is 0 Å². The number of rotatable bonds is 9. The summed E-state index contributed by atoms with van der Waals surface area (Å²) in [6.07, 6.45) is 0. The van der Waals surface area contributed by atoms with Crippen molar-refractivity contribution in [1.82, 2.24) is 18.7 Å². The van der Waals surface area contributed by atoms with Crippen molar-refractivity contribution in [2.75, 3.05) is 0 Å². The van der Waals surface area contributed by atoms with Gasteiger partial charge in [-0.05, 0) is 107 Å². The third-order valence-corrected chi connectivity index (χ3v) is 16.7. The number of nitriles is 1. The molecule has 0 unspecified atom stereocenters. The molecule has 4 heterocycles. The molecule has 12 aromatic carbocycles. The summed E-state index contributed by atoms with van der Waals surface area (Å²) in [6, 6.07) is 109. The van der Waals surface area contributed by atoms with Crippen molar-refractivity contribution < 1.29 is 0 Å². The third kappa shape index (κ3) is 7.73. The Hall–Kier alpha value is -11.3. The van der Waals surface area contributed by atoms with Gasteiger partial charge in [0.2, 0.25) is 0 Å². The molecule has 5 heteroatoms. The largest absolute Gasteiger partial charge is 0.309 e. The quantitative estimate of drug-likeness (QED) is 0.145. The number of hydrogen-bond donors (Lipinski definition) is 0. The fourth-order valence-corrected chi connectivity index (χ4v) is 13.0. The van der Waals surface area contributed by atoms with E-state index in [0.29, 0.717) is 5.56 Å². The molecule has 0 spiro atoms. The number of pyridine rings is 1. The van der Waals surface area contributed by atoms with Crippen LogP contribution in [0.1, 0.15) is 5.56 Å². The van der Waals surface area contributed by atoms with E-state index in [1.165, 1.54) is 21.5 Å². The molecule has 0 saturated heterocycles. The second kappa shape index (κ2) is 19.5. The molecular weight excluding hydrogens is 1010 g/mol. The van der Waals surface area contributed by atoms with Gasteiger partial charge < -0.3 is 13.7 Å². The Labute approximate surface area is 479 Å². The highest BCUT2D eigenvalue weighted by Gasteiger charge is 2.27. The zero-order valence-electron chi connectivity index (χ0n) is 45.0. The summed E-state index contributed by atoms with van der Waals surface area (Å²) in [5.41, 5.74) is 22.4. The van der Waals surface area contributed by atoms with Gasteiger partial charge in [0.05, 0.1) is 73.2 Å². The van der Waals surface area contributed by atoms with Crippen LogP contribution < -0.4 is 0 Å². The van der Waals surface area contributed by atoms with Gasteiger partial charge in [-0.2, -0.15) is 5.26 Å². The molecule has 0 N–H and O–H groups in total. The molecule has 0 radical (unpaired) electrons. The number of aromatic nitrogens is 4. The summed E-state index contributed by atoms with van der Waals surface area (Å²) >= 11 is 0. The maximum absolute atomic E-state index is 10.4. The lowest BCUT2D eigenvalue weighted by atomic mass is 9.89. The van der Waals surface area contributed by atoms with Crippen molar-refractivity contribution in [3.8, 4) is 90.2 Å². The van der Waals surface area contributed by atoms with E-state index < -0.39 is 0 Å². The van der Waals surface area contributed by atoms with Gasteiger partial charge in [0.1, 0.15) is 0 Å². The van der Waals surface area contributed by atoms with E-state index in [-0.39, 0.29) is 0 Å². The smallest absolute Gasteiger partial charge is 0.0998 e. The van der Waals surface area contributed by atoms with E-state index in [9.17, 15) is 5.26 Å². The number of para-hydroxylation sites is 7. The van der Waals surface area contributed by atoms with Crippen molar-refractivity contribution >= 4 is 65.4 Å². The monoisotopic (exact) mass is 1060 g/mol. The first-order chi connectivity index (χ1) is 41.2. The lowest BCUT2D eigenvalue weighted by Gasteiger charge is -2.24. The van der Waals surface area contributed by atoms with Crippen LogP contribution in [0.15, 0.2) is 297 Å². The Kier molecular flexibility index (Phi) is 11.2. The van der Waals surface area contributed by atoms with Gasteiger partial charge in [-0.15, -0.1) is 0 Å². The van der Waals surface area contributed by atoms with Gasteiger partial charge in [-0.3, -0.25) is 0 Å². The fraction of sp³-hybridized carbons (Fsp3) is 0. The second-order valence-electron chi connectivity index (χ2n) is 21.3. The molecule has 4 aromatic heterocycles. The Morgan fingerprint density at radius 1 is 0.253 bits per heavy atom. The SMILES string of the molecule is N#Cc1ccccc1-c1ccc2c(c1)c1ccccc1n2-c1c(-c2ccccc2-n2c3ccccc3c3ccccc32)cc(-c2cc(-c3ccccc3)cc(-c3ccccc3)n2)cc1-c1ccccc1-n1c2ccccc2c2ccccc21. The summed E-state index contributed by atoms with van der Waals surface area (Å²) in [5.74, 6) is 0. The standard InChI is InChI=1S/C78H49N5/c79-50-54-27-7-8-28-57(54)53-43-44-77-65(45-53)62-33-13-22-42-76(62)83(77)78-66(63-34-14-20-40-74(63)81-70-36-16-9-29-58(70)59-30-10-17-37-71(59)81)46-56(69-49-55(51-23-3-1-4-24-51)48-68(80-69)52-25-5-2-6-26-52)47-67(78)64-35-15-21-41-75(64)82-72-38-18-11-31-60(72)61-32-12-19-39-73(61)82/h1-49H.